The molecular formula is C13H11NOS. The van der Waals surface area contributed by atoms with Gasteiger partial charge in [-0.1, -0.05) is 30.3 Å². The molecule has 0 atom stereocenters. The van der Waals surface area contributed by atoms with Crippen LogP contribution in [0.3, 0.4) is 0 Å². The van der Waals surface area contributed by atoms with Crippen LogP contribution in [0.2, 0.25) is 0 Å². The van der Waals surface area contributed by atoms with E-state index in [2.05, 4.69) is 18.2 Å². The number of carbonyl (C=O) groups is 1. The molecule has 0 unspecified atom stereocenters. The van der Waals surface area contributed by atoms with Gasteiger partial charge in [-0.3, -0.25) is 4.79 Å². The minimum Gasteiger partial charge on any atom is -0.314 e. The van der Waals surface area contributed by atoms with Gasteiger partial charge in [0.05, 0.1) is 12.1 Å². The molecule has 3 rings (SSSR count). The molecule has 0 saturated carbocycles. The van der Waals surface area contributed by atoms with E-state index in [1.165, 1.54) is 15.3 Å². The van der Waals surface area contributed by atoms with E-state index in [0.717, 1.165) is 5.69 Å². The fraction of sp³-hybridized carbons (Fsp3) is 0.154. The zero-order valence-electron chi connectivity index (χ0n) is 8.93. The molecule has 0 radical (unpaired) electrons. The Labute approximate surface area is 98.1 Å². The van der Waals surface area contributed by atoms with E-state index in [9.17, 15) is 4.79 Å². The third-order valence-corrected chi connectivity index (χ3v) is 4.07. The van der Waals surface area contributed by atoms with Crippen molar-refractivity contribution in [2.75, 3.05) is 11.9 Å². The fourth-order valence-corrected chi connectivity index (χ4v) is 3.15. The number of rotatable bonds is 1. The number of carbonyl (C=O) groups excluding carboxylic acids is 1. The molecule has 0 fully saturated rings. The summed E-state index contributed by atoms with van der Waals surface area (Å²) in [5.41, 5.74) is 2.30. The van der Waals surface area contributed by atoms with Gasteiger partial charge in [0.2, 0.25) is 5.91 Å². The lowest BCUT2D eigenvalue weighted by molar-refractivity contribution is -0.117. The minimum absolute atomic E-state index is 0.195. The molecule has 0 aliphatic carbocycles. The van der Waals surface area contributed by atoms with Crippen LogP contribution >= 0.6 is 11.3 Å². The highest BCUT2D eigenvalue weighted by Gasteiger charge is 2.26. The molecule has 2 aromatic rings. The molecule has 0 saturated heterocycles. The monoisotopic (exact) mass is 229 g/mol. The Morgan fingerprint density at radius 3 is 2.69 bits per heavy atom. The molecule has 0 bridgehead atoms. The number of thiophene rings is 1. The van der Waals surface area contributed by atoms with Gasteiger partial charge >= 0.3 is 0 Å². The molecule has 1 aromatic heterocycles. The van der Waals surface area contributed by atoms with Crippen LogP contribution in [-0.2, 0) is 11.2 Å². The van der Waals surface area contributed by atoms with Crippen LogP contribution in [0.1, 0.15) is 4.88 Å². The van der Waals surface area contributed by atoms with Crippen LogP contribution in [0, 0.1) is 0 Å². The van der Waals surface area contributed by atoms with Crippen molar-refractivity contribution in [3.05, 3.63) is 41.3 Å². The van der Waals surface area contributed by atoms with E-state index in [0.29, 0.717) is 6.42 Å². The van der Waals surface area contributed by atoms with Gasteiger partial charge in [0.15, 0.2) is 0 Å². The average molecular weight is 229 g/mol. The first-order chi connectivity index (χ1) is 7.75. The number of anilines is 1. The minimum atomic E-state index is 0.195. The number of fused-ring (bicyclic) bond motifs is 1. The van der Waals surface area contributed by atoms with E-state index in [1.807, 2.05) is 25.2 Å². The Morgan fingerprint density at radius 1 is 1.25 bits per heavy atom. The fourth-order valence-electron chi connectivity index (χ4n) is 1.96. The largest absolute Gasteiger partial charge is 0.314 e. The smallest absolute Gasteiger partial charge is 0.232 e. The van der Waals surface area contributed by atoms with Gasteiger partial charge in [0.25, 0.3) is 0 Å². The number of amides is 1. The van der Waals surface area contributed by atoms with Crippen molar-refractivity contribution in [2.45, 2.75) is 6.42 Å². The standard InChI is InChI=1S/C13H11NOS/c1-14-10-7-11(9-5-3-2-4-6-9)16-12(10)8-13(14)15/h2-7H,8H2,1H3. The maximum Gasteiger partial charge on any atom is 0.232 e. The van der Waals surface area contributed by atoms with Crippen molar-refractivity contribution in [1.82, 2.24) is 0 Å². The summed E-state index contributed by atoms with van der Waals surface area (Å²) in [6.07, 6.45) is 0.559. The van der Waals surface area contributed by atoms with E-state index < -0.39 is 0 Å². The van der Waals surface area contributed by atoms with Crippen molar-refractivity contribution in [3.8, 4) is 10.4 Å². The molecular weight excluding hydrogens is 218 g/mol. The third kappa shape index (κ3) is 1.36. The van der Waals surface area contributed by atoms with Gasteiger partial charge in [-0.2, -0.15) is 0 Å². The molecule has 2 heterocycles. The molecule has 3 heteroatoms. The quantitative estimate of drug-likeness (QED) is 0.736. The molecule has 16 heavy (non-hydrogen) atoms. The number of benzene rings is 1. The molecule has 0 N–H and O–H groups in total. The summed E-state index contributed by atoms with van der Waals surface area (Å²) < 4.78 is 0. The van der Waals surface area contributed by atoms with Crippen molar-refractivity contribution >= 4 is 22.9 Å². The second kappa shape index (κ2) is 3.46. The van der Waals surface area contributed by atoms with E-state index in [4.69, 9.17) is 0 Å². The molecule has 1 aliphatic rings. The lowest BCUT2D eigenvalue weighted by Crippen LogP contribution is -2.20. The van der Waals surface area contributed by atoms with E-state index in [1.54, 1.807) is 16.2 Å². The summed E-state index contributed by atoms with van der Waals surface area (Å²) in [6, 6.07) is 12.4. The zero-order valence-corrected chi connectivity index (χ0v) is 9.75. The summed E-state index contributed by atoms with van der Waals surface area (Å²) >= 11 is 1.72. The Kier molecular flexibility index (Phi) is 2.07. The Morgan fingerprint density at radius 2 is 2.00 bits per heavy atom. The third-order valence-electron chi connectivity index (χ3n) is 2.89. The number of nitrogens with zero attached hydrogens (tertiary/aromatic N) is 1. The molecule has 0 spiro atoms. The molecule has 1 amide bonds. The van der Waals surface area contributed by atoms with Crippen molar-refractivity contribution in [2.24, 2.45) is 0 Å². The molecule has 1 aromatic carbocycles. The summed E-state index contributed by atoms with van der Waals surface area (Å²) in [5, 5.41) is 0. The van der Waals surface area contributed by atoms with Gasteiger partial charge in [-0.25, -0.2) is 0 Å². The second-order valence-corrected chi connectivity index (χ2v) is 5.05. The zero-order chi connectivity index (χ0) is 11.1. The van der Waals surface area contributed by atoms with Crippen LogP contribution < -0.4 is 4.90 Å². The van der Waals surface area contributed by atoms with Gasteiger partial charge in [0, 0.05) is 16.8 Å². The highest BCUT2D eigenvalue weighted by Crippen LogP contribution is 2.40. The lowest BCUT2D eigenvalue weighted by Gasteiger charge is -2.07. The summed E-state index contributed by atoms with van der Waals surface area (Å²) in [7, 11) is 1.84. The first kappa shape index (κ1) is 9.60. The normalized spacial score (nSPS) is 14.3. The number of hydrogen-bond acceptors (Lipinski definition) is 2. The predicted octanol–water partition coefficient (Wildman–Crippen LogP) is 2.93. The number of hydrogen-bond donors (Lipinski definition) is 0. The Hall–Kier alpha value is -1.61. The maximum absolute atomic E-state index is 11.5. The molecule has 2 nitrogen and oxygen atoms in total. The van der Waals surface area contributed by atoms with Gasteiger partial charge in [-0.15, -0.1) is 11.3 Å². The van der Waals surface area contributed by atoms with Crippen LogP contribution in [0.5, 0.6) is 0 Å². The number of likely N-dealkylation sites (N-methyl/N-ethyl adjacent to an activating group) is 1. The molecule has 1 aliphatic heterocycles. The van der Waals surface area contributed by atoms with Crippen molar-refractivity contribution in [1.29, 1.82) is 0 Å². The summed E-state index contributed by atoms with van der Waals surface area (Å²) in [6.45, 7) is 0. The van der Waals surface area contributed by atoms with Crippen molar-refractivity contribution in [3.63, 3.8) is 0 Å². The summed E-state index contributed by atoms with van der Waals surface area (Å²) in [5.74, 6) is 0.195. The molecule has 80 valence electrons. The highest BCUT2D eigenvalue weighted by atomic mass is 32.1. The first-order valence-corrected chi connectivity index (χ1v) is 6.02. The predicted molar refractivity (Wildman–Crippen MR) is 66.9 cm³/mol. The maximum atomic E-state index is 11.5. The van der Waals surface area contributed by atoms with Crippen LogP contribution in [0.15, 0.2) is 36.4 Å². The van der Waals surface area contributed by atoms with E-state index in [-0.39, 0.29) is 5.91 Å². The average Bonchev–Trinajstić information content (AvgIpc) is 2.82. The second-order valence-electron chi connectivity index (χ2n) is 3.91. The Bertz CT molecular complexity index is 544. The van der Waals surface area contributed by atoms with Crippen LogP contribution in [0.25, 0.3) is 10.4 Å². The van der Waals surface area contributed by atoms with Gasteiger partial charge in [-0.05, 0) is 11.6 Å². The summed E-state index contributed by atoms with van der Waals surface area (Å²) in [4.78, 5) is 15.6. The van der Waals surface area contributed by atoms with Gasteiger partial charge < -0.3 is 4.90 Å². The SMILES string of the molecule is CN1C(=O)Cc2sc(-c3ccccc3)cc21. The van der Waals surface area contributed by atoms with Crippen molar-refractivity contribution < 1.29 is 4.79 Å². The first-order valence-electron chi connectivity index (χ1n) is 5.20. The lowest BCUT2D eigenvalue weighted by atomic mass is 10.2. The topological polar surface area (TPSA) is 20.3 Å². The van der Waals surface area contributed by atoms with E-state index >= 15 is 0 Å². The van der Waals surface area contributed by atoms with Crippen LogP contribution in [-0.4, -0.2) is 13.0 Å². The van der Waals surface area contributed by atoms with Crippen LogP contribution in [0.4, 0.5) is 5.69 Å². The van der Waals surface area contributed by atoms with Gasteiger partial charge in [0.1, 0.15) is 0 Å². The Balaban J connectivity index is 2.05. The highest BCUT2D eigenvalue weighted by molar-refractivity contribution is 7.16.